The molecule has 4 N–H and O–H groups in total. The molecule has 0 aliphatic carbocycles. The molecule has 4 heterocycles. The maximum atomic E-state index is 16.4. The minimum absolute atomic E-state index is 0.166. The maximum absolute atomic E-state index is 16.4. The summed E-state index contributed by atoms with van der Waals surface area (Å²) in [4.78, 5) is 86.6. The maximum Gasteiger partial charge on any atom is 0.407 e. The molecule has 72 heavy (non-hydrogen) atoms. The highest BCUT2D eigenvalue weighted by Gasteiger charge is 2.42. The van der Waals surface area contributed by atoms with Crippen molar-refractivity contribution in [3.8, 4) is 0 Å². The van der Waals surface area contributed by atoms with Crippen LogP contribution in [0, 0.1) is 5.82 Å². The van der Waals surface area contributed by atoms with Gasteiger partial charge in [0.25, 0.3) is 0 Å². The van der Waals surface area contributed by atoms with Gasteiger partial charge in [-0.25, -0.2) is 14.0 Å². The Morgan fingerprint density at radius 3 is 1.43 bits per heavy atom. The van der Waals surface area contributed by atoms with Crippen molar-refractivity contribution >= 4 is 66.6 Å². The number of methoxy groups -OCH3 is 4. The van der Waals surface area contributed by atoms with Crippen molar-refractivity contribution in [2.24, 2.45) is 0 Å². The SMILES string of the molecule is COC(=O)N[C@H](C(=O)N1CCC[C@H]1C(=O)Nc1ccc([C@@H]2CC[C@@H](c3ccc(NC(=O)[C@@H]4CCCN4C(=O)[C@@H](NC(=O)OC)[C@@H](C)OC)cc3)N2c2ccc(N3CC[Si](C)(C)CC3)c(F)c2)cc1)[C@@H](C)OC. The summed E-state index contributed by atoms with van der Waals surface area (Å²) in [5.41, 5.74) is 4.36. The Morgan fingerprint density at radius 2 is 1.04 bits per heavy atom. The van der Waals surface area contributed by atoms with Crippen molar-refractivity contribution in [3.05, 3.63) is 83.7 Å². The van der Waals surface area contributed by atoms with E-state index in [0.717, 1.165) is 54.8 Å². The number of ether oxygens (including phenoxy) is 4. The summed E-state index contributed by atoms with van der Waals surface area (Å²) in [6.45, 7) is 10.5. The smallest absolute Gasteiger partial charge is 0.407 e. The minimum atomic E-state index is -1.29. The summed E-state index contributed by atoms with van der Waals surface area (Å²) in [5, 5.41) is 11.1. The van der Waals surface area contributed by atoms with E-state index in [1.807, 2.05) is 60.7 Å². The highest BCUT2D eigenvalue weighted by Crippen LogP contribution is 2.48. The molecule has 0 saturated carbocycles. The van der Waals surface area contributed by atoms with Gasteiger partial charge in [-0.3, -0.25) is 19.2 Å². The van der Waals surface area contributed by atoms with E-state index < -0.39 is 68.5 Å². The van der Waals surface area contributed by atoms with Gasteiger partial charge in [0, 0.05) is 57.5 Å². The number of carbonyl (C=O) groups excluding carboxylic acids is 6. The van der Waals surface area contributed by atoms with E-state index in [1.54, 1.807) is 19.9 Å². The highest BCUT2D eigenvalue weighted by atomic mass is 28.3. The summed E-state index contributed by atoms with van der Waals surface area (Å²) in [6.07, 6.45) is 0.696. The molecule has 0 bridgehead atoms. The van der Waals surface area contributed by atoms with E-state index in [-0.39, 0.29) is 29.7 Å². The van der Waals surface area contributed by atoms with Crippen LogP contribution in [0.5, 0.6) is 0 Å². The fraction of sp³-hybridized carbons (Fsp3) is 0.538. The second kappa shape index (κ2) is 23.5. The predicted octanol–water partition coefficient (Wildman–Crippen LogP) is 6.81. The van der Waals surface area contributed by atoms with Crippen LogP contribution in [0.2, 0.25) is 25.2 Å². The summed E-state index contributed by atoms with van der Waals surface area (Å²) in [6, 6.07) is 19.0. The molecule has 0 radical (unpaired) electrons. The zero-order valence-electron chi connectivity index (χ0n) is 42.7. The van der Waals surface area contributed by atoms with Crippen LogP contribution >= 0.6 is 0 Å². The molecule has 7 rings (SSSR count). The van der Waals surface area contributed by atoms with Crippen LogP contribution in [0.4, 0.5) is 36.7 Å². The lowest BCUT2D eigenvalue weighted by Gasteiger charge is -2.38. The molecule has 0 aromatic heterocycles. The summed E-state index contributed by atoms with van der Waals surface area (Å²) >= 11 is 0. The van der Waals surface area contributed by atoms with Gasteiger partial charge in [-0.2, -0.15) is 0 Å². The zero-order valence-corrected chi connectivity index (χ0v) is 43.7. The van der Waals surface area contributed by atoms with Crippen molar-refractivity contribution in [1.29, 1.82) is 0 Å². The third-order valence-electron chi connectivity index (χ3n) is 15.0. The van der Waals surface area contributed by atoms with Crippen molar-refractivity contribution in [3.63, 3.8) is 0 Å². The number of hydrogen-bond donors (Lipinski definition) is 4. The van der Waals surface area contributed by atoms with E-state index in [9.17, 15) is 28.8 Å². The molecule has 4 saturated heterocycles. The van der Waals surface area contributed by atoms with Crippen molar-refractivity contribution in [2.75, 3.05) is 75.1 Å². The quantitative estimate of drug-likeness (QED) is 0.109. The number of halogens is 1. The average molecular weight is 1020 g/mol. The molecule has 18 nitrogen and oxygen atoms in total. The standard InChI is InChI=1S/C52H71FN8O10Si/c1-32(68-3)45(56-51(66)70-5)49(64)59-25-9-11-43(59)47(62)54-36-17-13-34(14-18-36)40-23-24-41(61(40)38-21-22-42(39(53)31-38)58-27-29-72(7,8)30-28-58)35-15-19-37(20-16-35)55-48(63)44-12-10-26-60(44)50(65)46(33(2)69-4)57-52(67)71-6/h13-22,31-33,40-41,43-46H,9-12,23-30H2,1-8H3,(H,54,62)(H,55,63)(H,56,66)(H,57,67)/t32-,33-,40+,41+,43+,44+,45+,46+/m1/s1. The molecular weight excluding hydrogens is 944 g/mol. The number of rotatable bonds is 16. The minimum Gasteiger partial charge on any atom is -0.453 e. The molecule has 0 unspecified atom stereocenters. The molecule has 4 aliphatic rings. The highest BCUT2D eigenvalue weighted by molar-refractivity contribution is 6.77. The van der Waals surface area contributed by atoms with Gasteiger partial charge < -0.3 is 59.8 Å². The van der Waals surface area contributed by atoms with Crippen LogP contribution < -0.4 is 31.1 Å². The summed E-state index contributed by atoms with van der Waals surface area (Å²) < 4.78 is 36.6. The van der Waals surface area contributed by atoms with Gasteiger partial charge in [-0.15, -0.1) is 0 Å². The van der Waals surface area contributed by atoms with Crippen LogP contribution in [-0.4, -0.2) is 145 Å². The van der Waals surface area contributed by atoms with Gasteiger partial charge >= 0.3 is 12.2 Å². The van der Waals surface area contributed by atoms with Gasteiger partial charge in [-0.05, 0) is 118 Å². The number of nitrogens with zero attached hydrogens (tertiary/aromatic N) is 4. The van der Waals surface area contributed by atoms with Gasteiger partial charge in [0.2, 0.25) is 23.6 Å². The molecule has 6 amide bonds. The number of nitrogens with one attached hydrogen (secondary N) is 4. The molecule has 3 aromatic carbocycles. The first-order valence-corrected chi connectivity index (χ1v) is 28.4. The van der Waals surface area contributed by atoms with E-state index in [2.05, 4.69) is 44.2 Å². The van der Waals surface area contributed by atoms with Crippen LogP contribution in [0.3, 0.4) is 0 Å². The number of amides is 6. The largest absolute Gasteiger partial charge is 0.453 e. The predicted molar refractivity (Wildman–Crippen MR) is 274 cm³/mol. The zero-order chi connectivity index (χ0) is 51.9. The lowest BCUT2D eigenvalue weighted by Crippen LogP contribution is -2.56. The van der Waals surface area contributed by atoms with Crippen molar-refractivity contribution < 1.29 is 52.1 Å². The topological polar surface area (TPSA) is 200 Å². The number of carbonyl (C=O) groups is 6. The number of alkyl carbamates (subject to hydrolysis) is 2. The molecule has 0 spiro atoms. The van der Waals surface area contributed by atoms with Gasteiger partial charge in [0.1, 0.15) is 30.0 Å². The molecule has 8 atom stereocenters. The lowest BCUT2D eigenvalue weighted by atomic mass is 10.0. The second-order valence-corrected chi connectivity index (χ2v) is 25.3. The Morgan fingerprint density at radius 1 is 0.611 bits per heavy atom. The Hall–Kier alpha value is -6.25. The third-order valence-corrected chi connectivity index (χ3v) is 18.2. The first-order valence-electron chi connectivity index (χ1n) is 25.0. The monoisotopic (exact) mass is 1010 g/mol. The molecule has 390 valence electrons. The summed E-state index contributed by atoms with van der Waals surface area (Å²) in [7, 11) is 4.01. The van der Waals surface area contributed by atoms with Crippen LogP contribution in [0.1, 0.15) is 75.6 Å². The molecule has 20 heteroatoms. The number of hydrogen-bond acceptors (Lipinski definition) is 12. The Kier molecular flexibility index (Phi) is 17.5. The van der Waals surface area contributed by atoms with Gasteiger partial charge in [0.15, 0.2) is 0 Å². The number of anilines is 4. The Bertz CT molecular complexity index is 2290. The number of likely N-dealkylation sites (tertiary alicyclic amines) is 2. The van der Waals surface area contributed by atoms with E-state index in [0.29, 0.717) is 55.8 Å². The van der Waals surface area contributed by atoms with E-state index in [4.69, 9.17) is 18.9 Å². The normalized spacial score (nSPS) is 22.3. The second-order valence-electron chi connectivity index (χ2n) is 20.0. The molecule has 4 aliphatic heterocycles. The molecule has 4 fully saturated rings. The number of benzene rings is 3. The first kappa shape index (κ1) is 53.5. The van der Waals surface area contributed by atoms with Gasteiger partial charge in [0.05, 0.1) is 52.3 Å². The third kappa shape index (κ3) is 12.1. The van der Waals surface area contributed by atoms with E-state index in [1.165, 1.54) is 38.2 Å². The van der Waals surface area contributed by atoms with Crippen molar-refractivity contribution in [2.45, 2.75) is 126 Å². The first-order chi connectivity index (χ1) is 34.5. The van der Waals surface area contributed by atoms with E-state index >= 15 is 4.39 Å². The molecule has 3 aromatic rings. The lowest BCUT2D eigenvalue weighted by molar-refractivity contribution is -0.141. The van der Waals surface area contributed by atoms with Crippen LogP contribution in [0.15, 0.2) is 66.7 Å². The Balaban J connectivity index is 1.09. The fourth-order valence-corrected chi connectivity index (χ4v) is 12.5. The summed E-state index contributed by atoms with van der Waals surface area (Å²) in [5.74, 6) is -1.85. The van der Waals surface area contributed by atoms with Gasteiger partial charge in [-0.1, -0.05) is 37.4 Å². The average Bonchev–Trinajstić information content (AvgIpc) is 4.18. The molecular formula is C52H71FN8O10Si. The fourth-order valence-electron chi connectivity index (χ4n) is 10.5. The van der Waals surface area contributed by atoms with Crippen molar-refractivity contribution in [1.82, 2.24) is 20.4 Å². The van der Waals surface area contributed by atoms with Crippen LogP contribution in [0.25, 0.3) is 0 Å². The van der Waals surface area contributed by atoms with Crippen LogP contribution in [-0.2, 0) is 38.1 Å². The Labute approximate surface area is 422 Å².